The Hall–Kier alpha value is -3.06. The molecule has 1 saturated heterocycles. The maximum Gasteiger partial charge on any atom is 0.205 e. The Morgan fingerprint density at radius 3 is 2.62 bits per heavy atom. The van der Waals surface area contributed by atoms with Crippen molar-refractivity contribution < 1.29 is 13.7 Å². The molecular weight excluding hydrogens is 431 g/mol. The van der Waals surface area contributed by atoms with E-state index >= 15 is 4.39 Å². The van der Waals surface area contributed by atoms with E-state index in [4.69, 9.17) is 14.2 Å². The number of imidazole rings is 1. The van der Waals surface area contributed by atoms with Crippen LogP contribution in [0.5, 0.6) is 0 Å². The number of H-pyrrole nitrogens is 1. The fraction of sp³-hybridized carbons (Fsp3) is 0.444. The van der Waals surface area contributed by atoms with Crippen LogP contribution in [-0.2, 0) is 10.4 Å². The standard InChI is InChI=1S/C27H27FN4O2/c1-15-23(16(2)34-32-15)18-13-19(24-20(14-18)30-25(31-24)17-6-7-17)27(28,21-5-3-4-12-29-21)22-8-9-26(33-22)10-11-26/h3-5,12-14,17,22H,6-11H2,1-2H3,(H,30,31). The van der Waals surface area contributed by atoms with Crippen molar-refractivity contribution in [3.8, 4) is 11.1 Å². The quantitative estimate of drug-likeness (QED) is 0.395. The Balaban J connectivity index is 1.50. The third-order valence-corrected chi connectivity index (χ3v) is 7.83. The average molecular weight is 459 g/mol. The molecule has 1 aliphatic heterocycles. The van der Waals surface area contributed by atoms with Crippen LogP contribution in [0, 0.1) is 13.8 Å². The minimum atomic E-state index is -1.93. The Morgan fingerprint density at radius 1 is 1.12 bits per heavy atom. The van der Waals surface area contributed by atoms with Crippen LogP contribution >= 0.6 is 0 Å². The maximum atomic E-state index is 17.8. The van der Waals surface area contributed by atoms with E-state index in [0.717, 1.165) is 60.3 Å². The molecule has 3 aromatic heterocycles. The Kier molecular flexibility index (Phi) is 4.17. The van der Waals surface area contributed by atoms with E-state index < -0.39 is 11.8 Å². The van der Waals surface area contributed by atoms with Crippen LogP contribution in [0.15, 0.2) is 41.1 Å². The summed E-state index contributed by atoms with van der Waals surface area (Å²) in [6.45, 7) is 3.80. The predicted molar refractivity (Wildman–Crippen MR) is 125 cm³/mol. The van der Waals surface area contributed by atoms with Crippen molar-refractivity contribution in [2.24, 2.45) is 0 Å². The SMILES string of the molecule is Cc1noc(C)c1-c1cc(C(F)(c2ccccn2)C2CCC3(CC3)O2)c2nc(C3CC3)[nH]c2c1. The third kappa shape index (κ3) is 2.99. The zero-order valence-corrected chi connectivity index (χ0v) is 19.4. The second-order valence-electron chi connectivity index (χ2n) is 10.3. The molecule has 1 N–H and O–H groups in total. The summed E-state index contributed by atoms with van der Waals surface area (Å²) in [7, 11) is 0. The lowest BCUT2D eigenvalue weighted by atomic mass is 9.82. The molecule has 7 heteroatoms. The number of halogens is 1. The number of alkyl halides is 1. The van der Waals surface area contributed by atoms with Crippen LogP contribution in [0.3, 0.4) is 0 Å². The molecule has 2 atom stereocenters. The van der Waals surface area contributed by atoms with Crippen molar-refractivity contribution in [1.82, 2.24) is 20.1 Å². The monoisotopic (exact) mass is 458 g/mol. The highest BCUT2D eigenvalue weighted by Crippen LogP contribution is 2.56. The summed E-state index contributed by atoms with van der Waals surface area (Å²) >= 11 is 0. The normalized spacial score (nSPS) is 23.0. The number of nitrogens with zero attached hydrogens (tertiary/aromatic N) is 3. The van der Waals surface area contributed by atoms with E-state index in [-0.39, 0.29) is 5.60 Å². The van der Waals surface area contributed by atoms with E-state index in [2.05, 4.69) is 15.1 Å². The van der Waals surface area contributed by atoms with Gasteiger partial charge >= 0.3 is 0 Å². The summed E-state index contributed by atoms with van der Waals surface area (Å²) < 4.78 is 29.7. The van der Waals surface area contributed by atoms with E-state index in [1.165, 1.54) is 0 Å². The molecule has 4 aromatic rings. The molecule has 7 rings (SSSR count). The lowest BCUT2D eigenvalue weighted by molar-refractivity contribution is -0.0521. The van der Waals surface area contributed by atoms with Gasteiger partial charge in [0.2, 0.25) is 5.67 Å². The molecule has 1 spiro atoms. The summed E-state index contributed by atoms with van der Waals surface area (Å²) in [5.41, 5.74) is 2.80. The lowest BCUT2D eigenvalue weighted by Crippen LogP contribution is -2.38. The number of pyridine rings is 1. The fourth-order valence-electron chi connectivity index (χ4n) is 5.66. The van der Waals surface area contributed by atoms with Gasteiger partial charge < -0.3 is 14.2 Å². The predicted octanol–water partition coefficient (Wildman–Crippen LogP) is 6.03. The van der Waals surface area contributed by atoms with Crippen LogP contribution < -0.4 is 0 Å². The highest BCUT2D eigenvalue weighted by molar-refractivity contribution is 5.87. The van der Waals surface area contributed by atoms with E-state index in [0.29, 0.717) is 34.9 Å². The van der Waals surface area contributed by atoms with Crippen molar-refractivity contribution in [2.45, 2.75) is 75.7 Å². The van der Waals surface area contributed by atoms with Crippen molar-refractivity contribution in [3.05, 3.63) is 65.1 Å². The van der Waals surface area contributed by atoms with Crippen LogP contribution in [-0.4, -0.2) is 31.8 Å². The molecule has 2 saturated carbocycles. The molecule has 0 amide bonds. The number of fused-ring (bicyclic) bond motifs is 1. The van der Waals surface area contributed by atoms with E-state index in [9.17, 15) is 0 Å². The van der Waals surface area contributed by atoms with Crippen molar-refractivity contribution >= 4 is 11.0 Å². The number of aromatic amines is 1. The number of nitrogens with one attached hydrogen (secondary N) is 1. The van der Waals surface area contributed by atoms with Gasteiger partial charge in [-0.1, -0.05) is 11.2 Å². The average Bonchev–Trinajstić information content (AvgIpc) is 3.71. The highest BCUT2D eigenvalue weighted by Gasteiger charge is 2.58. The molecule has 2 unspecified atom stereocenters. The number of aryl methyl sites for hydroxylation is 2. The molecule has 34 heavy (non-hydrogen) atoms. The van der Waals surface area contributed by atoms with Gasteiger partial charge in [-0.05, 0) is 82.2 Å². The van der Waals surface area contributed by atoms with E-state index in [1.54, 1.807) is 12.3 Å². The maximum absolute atomic E-state index is 17.8. The number of aromatic nitrogens is 4. The second kappa shape index (κ2) is 6.98. The summed E-state index contributed by atoms with van der Waals surface area (Å²) in [4.78, 5) is 12.9. The molecule has 3 fully saturated rings. The van der Waals surface area contributed by atoms with Crippen LogP contribution in [0.1, 0.15) is 73.0 Å². The fourth-order valence-corrected chi connectivity index (χ4v) is 5.66. The van der Waals surface area contributed by atoms with Crippen LogP contribution in [0.2, 0.25) is 0 Å². The summed E-state index contributed by atoms with van der Waals surface area (Å²) in [5.74, 6) is 2.06. The van der Waals surface area contributed by atoms with Gasteiger partial charge in [-0.15, -0.1) is 0 Å². The molecule has 2 aliphatic carbocycles. The minimum absolute atomic E-state index is 0.153. The van der Waals surface area contributed by atoms with Gasteiger partial charge in [0.1, 0.15) is 17.7 Å². The van der Waals surface area contributed by atoms with Crippen LogP contribution in [0.25, 0.3) is 22.2 Å². The van der Waals surface area contributed by atoms with Crippen molar-refractivity contribution in [1.29, 1.82) is 0 Å². The van der Waals surface area contributed by atoms with Crippen molar-refractivity contribution in [3.63, 3.8) is 0 Å². The molecule has 3 aliphatic rings. The van der Waals surface area contributed by atoms with Gasteiger partial charge in [-0.3, -0.25) is 4.98 Å². The zero-order chi connectivity index (χ0) is 23.1. The number of ether oxygens (including phenoxy) is 1. The number of hydrogen-bond acceptors (Lipinski definition) is 5. The first kappa shape index (κ1) is 20.3. The molecule has 0 radical (unpaired) electrons. The molecule has 1 aromatic carbocycles. The van der Waals surface area contributed by atoms with Crippen molar-refractivity contribution in [2.75, 3.05) is 0 Å². The topological polar surface area (TPSA) is 76.8 Å². The lowest BCUT2D eigenvalue weighted by Gasteiger charge is -2.32. The van der Waals surface area contributed by atoms with Gasteiger partial charge in [0.05, 0.1) is 28.0 Å². The van der Waals surface area contributed by atoms with Gasteiger partial charge in [0.15, 0.2) is 0 Å². The van der Waals surface area contributed by atoms with E-state index in [1.807, 2.05) is 38.1 Å². The summed E-state index contributed by atoms with van der Waals surface area (Å²) in [5, 5.41) is 4.14. The highest BCUT2D eigenvalue weighted by atomic mass is 19.1. The van der Waals surface area contributed by atoms with Gasteiger partial charge in [-0.25, -0.2) is 9.37 Å². The molecule has 0 bridgehead atoms. The summed E-state index contributed by atoms with van der Waals surface area (Å²) in [6, 6.07) is 9.39. The molecular formula is C27H27FN4O2. The number of benzene rings is 1. The minimum Gasteiger partial charge on any atom is -0.368 e. The first-order chi connectivity index (χ1) is 16.5. The van der Waals surface area contributed by atoms with Gasteiger partial charge in [0.25, 0.3) is 0 Å². The number of rotatable bonds is 5. The molecule has 4 heterocycles. The van der Waals surface area contributed by atoms with Crippen LogP contribution in [0.4, 0.5) is 4.39 Å². The number of hydrogen-bond donors (Lipinski definition) is 1. The summed E-state index contributed by atoms with van der Waals surface area (Å²) in [6.07, 6.45) is 6.81. The van der Waals surface area contributed by atoms with Gasteiger partial charge in [0, 0.05) is 23.2 Å². The Bertz CT molecular complexity index is 1380. The molecule has 174 valence electrons. The first-order valence-electron chi connectivity index (χ1n) is 12.2. The largest absolute Gasteiger partial charge is 0.368 e. The first-order valence-corrected chi connectivity index (χ1v) is 12.2. The Morgan fingerprint density at radius 2 is 1.97 bits per heavy atom. The smallest absolute Gasteiger partial charge is 0.205 e. The second-order valence-corrected chi connectivity index (χ2v) is 10.3. The zero-order valence-electron chi connectivity index (χ0n) is 19.4. The molecule has 6 nitrogen and oxygen atoms in total. The van der Waals surface area contributed by atoms with Gasteiger partial charge in [-0.2, -0.15) is 0 Å². The third-order valence-electron chi connectivity index (χ3n) is 7.83. The Labute approximate surface area is 196 Å².